The molecule has 0 radical (unpaired) electrons. The predicted molar refractivity (Wildman–Crippen MR) is 89.5 cm³/mol. The Hall–Kier alpha value is -1.98. The van der Waals surface area contributed by atoms with E-state index in [1.807, 2.05) is 0 Å². The fourth-order valence-corrected chi connectivity index (χ4v) is 2.43. The normalized spacial score (nSPS) is 10.4. The largest absolute Gasteiger partial charge is 0.467 e. The predicted octanol–water partition coefficient (Wildman–Crippen LogP) is 3.96. The van der Waals surface area contributed by atoms with E-state index in [2.05, 4.69) is 5.32 Å². The first-order valence-corrected chi connectivity index (χ1v) is 7.74. The molecule has 0 spiro atoms. The van der Waals surface area contributed by atoms with Crippen LogP contribution in [0.25, 0.3) is 0 Å². The number of amides is 2. The van der Waals surface area contributed by atoms with Crippen LogP contribution in [0.4, 0.5) is 5.69 Å². The Morgan fingerprint density at radius 1 is 1.26 bits per heavy atom. The molecule has 122 valence electrons. The molecule has 2 aromatic rings. The molecular formula is C16H16Cl2N2O3. The molecular weight excluding hydrogens is 339 g/mol. The number of carbonyl (C=O) groups is 2. The van der Waals surface area contributed by atoms with Gasteiger partial charge in [-0.15, -0.1) is 0 Å². The van der Waals surface area contributed by atoms with Crippen LogP contribution in [0.2, 0.25) is 10.0 Å². The summed E-state index contributed by atoms with van der Waals surface area (Å²) in [5.41, 5.74) is 0.487. The van der Waals surface area contributed by atoms with E-state index in [4.69, 9.17) is 27.6 Å². The van der Waals surface area contributed by atoms with Gasteiger partial charge in [0.15, 0.2) is 0 Å². The topological polar surface area (TPSA) is 62.6 Å². The van der Waals surface area contributed by atoms with Crippen molar-refractivity contribution in [2.24, 2.45) is 0 Å². The molecule has 23 heavy (non-hydrogen) atoms. The van der Waals surface area contributed by atoms with Gasteiger partial charge in [-0.1, -0.05) is 23.2 Å². The molecule has 1 aromatic heterocycles. The van der Waals surface area contributed by atoms with Crippen LogP contribution in [0.3, 0.4) is 0 Å². The van der Waals surface area contributed by atoms with Gasteiger partial charge in [-0.25, -0.2) is 0 Å². The van der Waals surface area contributed by atoms with Gasteiger partial charge < -0.3 is 14.6 Å². The lowest BCUT2D eigenvalue weighted by molar-refractivity contribution is -0.130. The average Bonchev–Trinajstić information content (AvgIpc) is 2.99. The van der Waals surface area contributed by atoms with Crippen molar-refractivity contribution >= 4 is 40.7 Å². The second kappa shape index (κ2) is 8.04. The summed E-state index contributed by atoms with van der Waals surface area (Å²) in [5, 5.41) is 3.56. The van der Waals surface area contributed by atoms with E-state index in [1.165, 1.54) is 6.92 Å². The van der Waals surface area contributed by atoms with Crippen molar-refractivity contribution in [1.82, 2.24) is 4.90 Å². The van der Waals surface area contributed by atoms with Gasteiger partial charge >= 0.3 is 0 Å². The minimum atomic E-state index is -0.236. The average molecular weight is 355 g/mol. The molecule has 1 N–H and O–H groups in total. The van der Waals surface area contributed by atoms with Crippen molar-refractivity contribution in [3.8, 4) is 0 Å². The smallest absolute Gasteiger partial charge is 0.226 e. The zero-order chi connectivity index (χ0) is 16.8. The quantitative estimate of drug-likeness (QED) is 0.853. The first kappa shape index (κ1) is 17.4. The van der Waals surface area contributed by atoms with Gasteiger partial charge in [-0.2, -0.15) is 0 Å². The number of benzene rings is 1. The number of furan rings is 1. The standard InChI is InChI=1S/C16H16Cl2N2O3/c1-11(21)20(10-13-3-2-8-23-13)7-6-16(22)19-15-5-4-12(17)9-14(15)18/h2-5,8-9H,6-7,10H2,1H3,(H,19,22). The Morgan fingerprint density at radius 2 is 2.04 bits per heavy atom. The van der Waals surface area contributed by atoms with Gasteiger partial charge in [0.1, 0.15) is 5.76 Å². The maximum Gasteiger partial charge on any atom is 0.226 e. The molecule has 0 aliphatic carbocycles. The van der Waals surface area contributed by atoms with Crippen molar-refractivity contribution in [1.29, 1.82) is 0 Å². The minimum absolute atomic E-state index is 0.126. The Morgan fingerprint density at radius 3 is 2.65 bits per heavy atom. The molecule has 1 aromatic carbocycles. The molecule has 2 rings (SSSR count). The Bertz CT molecular complexity index is 687. The Kier molecular flexibility index (Phi) is 6.07. The highest BCUT2D eigenvalue weighted by atomic mass is 35.5. The maximum absolute atomic E-state index is 12.0. The monoisotopic (exact) mass is 354 g/mol. The third-order valence-corrected chi connectivity index (χ3v) is 3.73. The van der Waals surface area contributed by atoms with Gasteiger partial charge in [0, 0.05) is 24.9 Å². The summed E-state index contributed by atoms with van der Waals surface area (Å²) in [4.78, 5) is 25.2. The van der Waals surface area contributed by atoms with Crippen molar-refractivity contribution < 1.29 is 14.0 Å². The van der Waals surface area contributed by atoms with Crippen LogP contribution in [-0.4, -0.2) is 23.3 Å². The third-order valence-electron chi connectivity index (χ3n) is 3.19. The summed E-state index contributed by atoms with van der Waals surface area (Å²) in [7, 11) is 0. The fraction of sp³-hybridized carbons (Fsp3) is 0.250. The molecule has 0 aliphatic rings. The van der Waals surface area contributed by atoms with Crippen molar-refractivity contribution in [3.63, 3.8) is 0 Å². The van der Waals surface area contributed by atoms with Crippen molar-refractivity contribution in [3.05, 3.63) is 52.4 Å². The summed E-state index contributed by atoms with van der Waals surface area (Å²) in [6.07, 6.45) is 1.70. The molecule has 0 aliphatic heterocycles. The lowest BCUT2D eigenvalue weighted by Gasteiger charge is -2.19. The number of halogens is 2. The van der Waals surface area contributed by atoms with Crippen LogP contribution < -0.4 is 5.32 Å². The molecule has 0 bridgehead atoms. The second-order valence-electron chi connectivity index (χ2n) is 4.94. The third kappa shape index (κ3) is 5.30. The number of nitrogens with one attached hydrogen (secondary N) is 1. The Labute approximate surface area is 144 Å². The highest BCUT2D eigenvalue weighted by Crippen LogP contribution is 2.25. The first-order valence-electron chi connectivity index (χ1n) is 6.98. The number of carbonyl (C=O) groups excluding carboxylic acids is 2. The maximum atomic E-state index is 12.0. The van der Waals surface area contributed by atoms with E-state index >= 15 is 0 Å². The number of rotatable bonds is 6. The molecule has 0 unspecified atom stereocenters. The molecule has 0 atom stereocenters. The van der Waals surface area contributed by atoms with E-state index < -0.39 is 0 Å². The van der Waals surface area contributed by atoms with Gasteiger partial charge in [0.05, 0.1) is 23.5 Å². The number of hydrogen-bond donors (Lipinski definition) is 1. The van der Waals surface area contributed by atoms with Crippen molar-refractivity contribution in [2.45, 2.75) is 19.9 Å². The summed E-state index contributed by atoms with van der Waals surface area (Å²) in [5.74, 6) is 0.306. The highest BCUT2D eigenvalue weighted by molar-refractivity contribution is 6.36. The zero-order valence-corrected chi connectivity index (χ0v) is 14.0. The number of nitrogens with zero attached hydrogens (tertiary/aromatic N) is 1. The second-order valence-corrected chi connectivity index (χ2v) is 5.79. The van der Waals surface area contributed by atoms with E-state index in [9.17, 15) is 9.59 Å². The van der Waals surface area contributed by atoms with E-state index in [-0.39, 0.29) is 24.8 Å². The SMILES string of the molecule is CC(=O)N(CCC(=O)Nc1ccc(Cl)cc1Cl)Cc1ccco1. The first-order chi connectivity index (χ1) is 11.0. The number of anilines is 1. The van der Waals surface area contributed by atoms with Crippen molar-refractivity contribution in [2.75, 3.05) is 11.9 Å². The molecule has 5 nitrogen and oxygen atoms in total. The van der Waals surface area contributed by atoms with Crippen LogP contribution in [0.1, 0.15) is 19.1 Å². The summed E-state index contributed by atoms with van der Waals surface area (Å²) >= 11 is 11.8. The van der Waals surface area contributed by atoms with Gasteiger partial charge in [0.25, 0.3) is 0 Å². The highest BCUT2D eigenvalue weighted by Gasteiger charge is 2.14. The molecule has 7 heteroatoms. The van der Waals surface area contributed by atoms with Gasteiger partial charge in [-0.3, -0.25) is 9.59 Å². The summed E-state index contributed by atoms with van der Waals surface area (Å²) in [6.45, 7) is 2.07. The van der Waals surface area contributed by atoms with Gasteiger partial charge in [-0.05, 0) is 30.3 Å². The molecule has 1 heterocycles. The lowest BCUT2D eigenvalue weighted by atomic mass is 10.3. The van der Waals surface area contributed by atoms with Gasteiger partial charge in [0.2, 0.25) is 11.8 Å². The molecule has 0 saturated heterocycles. The zero-order valence-electron chi connectivity index (χ0n) is 12.5. The fourth-order valence-electron chi connectivity index (χ4n) is 1.98. The van der Waals surface area contributed by atoms with Crippen LogP contribution in [0.15, 0.2) is 41.0 Å². The Balaban J connectivity index is 1.89. The summed E-state index contributed by atoms with van der Waals surface area (Å²) in [6, 6.07) is 8.36. The molecule has 0 fully saturated rings. The summed E-state index contributed by atoms with van der Waals surface area (Å²) < 4.78 is 5.22. The molecule has 0 saturated carbocycles. The molecule has 2 amide bonds. The van der Waals surface area contributed by atoms with Crippen LogP contribution in [-0.2, 0) is 16.1 Å². The minimum Gasteiger partial charge on any atom is -0.467 e. The van der Waals surface area contributed by atoms with Crippen LogP contribution >= 0.6 is 23.2 Å². The lowest BCUT2D eigenvalue weighted by Crippen LogP contribution is -2.31. The van der Waals surface area contributed by atoms with Crippen LogP contribution in [0.5, 0.6) is 0 Å². The van der Waals surface area contributed by atoms with E-state index in [1.54, 1.807) is 41.5 Å². The van der Waals surface area contributed by atoms with E-state index in [0.29, 0.717) is 28.0 Å². The van der Waals surface area contributed by atoms with E-state index in [0.717, 1.165) is 0 Å². The number of hydrogen-bond acceptors (Lipinski definition) is 3. The van der Waals surface area contributed by atoms with Crippen LogP contribution in [0, 0.1) is 0 Å².